The van der Waals surface area contributed by atoms with Crippen LogP contribution in [-0.2, 0) is 11.2 Å². The summed E-state index contributed by atoms with van der Waals surface area (Å²) >= 11 is 0. The molecule has 0 aliphatic heterocycles. The number of carbonyl (C=O) groups excluding carboxylic acids is 1. The molecule has 2 aromatic rings. The summed E-state index contributed by atoms with van der Waals surface area (Å²) in [5.74, 6) is -0.327. The van der Waals surface area contributed by atoms with E-state index in [0.29, 0.717) is 6.54 Å². The molecule has 0 aliphatic carbocycles. The Labute approximate surface area is 141 Å². The van der Waals surface area contributed by atoms with Gasteiger partial charge >= 0.3 is 5.97 Å². The predicted octanol–water partition coefficient (Wildman–Crippen LogP) is 2.82. The van der Waals surface area contributed by atoms with Gasteiger partial charge in [0, 0.05) is 0 Å². The van der Waals surface area contributed by atoms with E-state index in [9.17, 15) is 9.59 Å². The molecule has 2 N–H and O–H groups in total. The first kappa shape index (κ1) is 17.5. The van der Waals surface area contributed by atoms with Crippen LogP contribution in [0.3, 0.4) is 0 Å². The number of carboxylic acid groups (broad SMARTS) is 1. The van der Waals surface area contributed by atoms with Gasteiger partial charge in [0.2, 0.25) is 5.91 Å². The van der Waals surface area contributed by atoms with Gasteiger partial charge in [-0.2, -0.15) is 0 Å². The minimum atomic E-state index is -0.979. The van der Waals surface area contributed by atoms with Crippen molar-refractivity contribution < 1.29 is 19.4 Å². The third kappa shape index (κ3) is 5.43. The molecule has 2 aromatic carbocycles. The zero-order valence-electron chi connectivity index (χ0n) is 13.8. The molecule has 2 rings (SSSR count). The number of hydrogen-bond donors (Lipinski definition) is 2. The molecule has 0 radical (unpaired) electrons. The lowest BCUT2D eigenvalue weighted by Crippen LogP contribution is -2.34. The Balaban J connectivity index is 1.79. The number of aryl methyl sites for hydroxylation is 1. The number of rotatable bonds is 7. The summed E-state index contributed by atoms with van der Waals surface area (Å²) in [6.07, 6.45) is 0.0574. The third-order valence-corrected chi connectivity index (χ3v) is 3.48. The van der Waals surface area contributed by atoms with E-state index in [1.807, 2.05) is 38.1 Å². The molecule has 0 spiro atoms. The fourth-order valence-electron chi connectivity index (χ4n) is 2.23. The summed E-state index contributed by atoms with van der Waals surface area (Å²) < 4.78 is 5.76. The van der Waals surface area contributed by atoms with E-state index in [4.69, 9.17) is 9.84 Å². The lowest BCUT2D eigenvalue weighted by molar-refractivity contribution is -0.120. The van der Waals surface area contributed by atoms with Crippen molar-refractivity contribution in [2.24, 2.45) is 0 Å². The molecule has 24 heavy (non-hydrogen) atoms. The smallest absolute Gasteiger partial charge is 0.335 e. The van der Waals surface area contributed by atoms with Crippen LogP contribution < -0.4 is 10.1 Å². The predicted molar refractivity (Wildman–Crippen MR) is 91.4 cm³/mol. The van der Waals surface area contributed by atoms with Gasteiger partial charge in [-0.15, -0.1) is 0 Å². The Hall–Kier alpha value is -2.82. The lowest BCUT2D eigenvalue weighted by Gasteiger charge is -2.16. The van der Waals surface area contributed by atoms with Crippen molar-refractivity contribution in [3.8, 4) is 5.75 Å². The maximum atomic E-state index is 12.0. The Morgan fingerprint density at radius 2 is 1.88 bits per heavy atom. The van der Waals surface area contributed by atoms with E-state index in [0.717, 1.165) is 16.9 Å². The molecular formula is C19H21NO4. The van der Waals surface area contributed by atoms with Crippen molar-refractivity contribution >= 4 is 11.9 Å². The summed E-state index contributed by atoms with van der Waals surface area (Å²) in [7, 11) is 0. The Bertz CT molecular complexity index is 710. The van der Waals surface area contributed by atoms with Gasteiger partial charge in [-0.25, -0.2) is 4.79 Å². The van der Waals surface area contributed by atoms with Crippen LogP contribution >= 0.6 is 0 Å². The van der Waals surface area contributed by atoms with Crippen LogP contribution in [0.1, 0.15) is 28.4 Å². The van der Waals surface area contributed by atoms with E-state index >= 15 is 0 Å². The summed E-state index contributed by atoms with van der Waals surface area (Å²) in [4.78, 5) is 22.7. The van der Waals surface area contributed by atoms with Crippen molar-refractivity contribution in [3.05, 3.63) is 65.2 Å². The largest absolute Gasteiger partial charge is 0.489 e. The van der Waals surface area contributed by atoms with E-state index in [-0.39, 0.29) is 24.0 Å². The van der Waals surface area contributed by atoms with Gasteiger partial charge < -0.3 is 15.2 Å². The van der Waals surface area contributed by atoms with Crippen molar-refractivity contribution in [2.75, 3.05) is 6.54 Å². The summed E-state index contributed by atoms with van der Waals surface area (Å²) in [5.41, 5.74) is 2.10. The highest BCUT2D eigenvalue weighted by atomic mass is 16.5. The minimum Gasteiger partial charge on any atom is -0.489 e. The number of benzene rings is 2. The highest BCUT2D eigenvalue weighted by Crippen LogP contribution is 2.14. The fourth-order valence-corrected chi connectivity index (χ4v) is 2.23. The molecule has 0 aliphatic rings. The maximum Gasteiger partial charge on any atom is 0.335 e. The second kappa shape index (κ2) is 8.15. The fraction of sp³-hybridized carbons (Fsp3) is 0.263. The summed E-state index contributed by atoms with van der Waals surface area (Å²) in [5, 5.41) is 11.7. The van der Waals surface area contributed by atoms with Crippen LogP contribution in [0.2, 0.25) is 0 Å². The number of ether oxygens (including phenoxy) is 1. The molecule has 5 nitrogen and oxygen atoms in total. The van der Waals surface area contributed by atoms with Crippen LogP contribution in [0.4, 0.5) is 0 Å². The number of carboxylic acids is 1. The molecule has 1 amide bonds. The highest BCUT2D eigenvalue weighted by molar-refractivity contribution is 5.87. The first-order valence-corrected chi connectivity index (χ1v) is 7.76. The Morgan fingerprint density at radius 3 is 2.50 bits per heavy atom. The minimum absolute atomic E-state index is 0.127. The van der Waals surface area contributed by atoms with E-state index in [2.05, 4.69) is 5.32 Å². The summed E-state index contributed by atoms with van der Waals surface area (Å²) in [6.45, 7) is 4.29. The molecular weight excluding hydrogens is 306 g/mol. The van der Waals surface area contributed by atoms with Gasteiger partial charge in [0.15, 0.2) is 0 Å². The Kier molecular flexibility index (Phi) is 5.95. The number of amides is 1. The molecule has 0 heterocycles. The van der Waals surface area contributed by atoms with Crippen LogP contribution in [0, 0.1) is 6.92 Å². The second-order valence-electron chi connectivity index (χ2n) is 5.73. The zero-order chi connectivity index (χ0) is 17.5. The average Bonchev–Trinajstić information content (AvgIpc) is 2.53. The topological polar surface area (TPSA) is 75.6 Å². The molecule has 126 valence electrons. The van der Waals surface area contributed by atoms with Gasteiger partial charge in [-0.3, -0.25) is 4.79 Å². The number of aromatic carboxylic acids is 1. The van der Waals surface area contributed by atoms with Gasteiger partial charge in [0.1, 0.15) is 11.9 Å². The third-order valence-electron chi connectivity index (χ3n) is 3.48. The van der Waals surface area contributed by atoms with E-state index in [1.165, 1.54) is 12.1 Å². The van der Waals surface area contributed by atoms with Crippen LogP contribution in [0.25, 0.3) is 0 Å². The van der Waals surface area contributed by atoms with Gasteiger partial charge in [-0.05, 0) is 49.2 Å². The highest BCUT2D eigenvalue weighted by Gasteiger charge is 2.09. The SMILES string of the molecule is Cc1cccc(OC(C)CNC(=O)Cc2ccc(C(=O)O)cc2)c1. The molecule has 0 aromatic heterocycles. The normalized spacial score (nSPS) is 11.6. The molecule has 0 saturated carbocycles. The number of nitrogens with one attached hydrogen (secondary N) is 1. The quantitative estimate of drug-likeness (QED) is 0.820. The monoisotopic (exact) mass is 327 g/mol. The van der Waals surface area contributed by atoms with E-state index in [1.54, 1.807) is 12.1 Å². The van der Waals surface area contributed by atoms with Gasteiger partial charge in [0.05, 0.1) is 18.5 Å². The first-order valence-electron chi connectivity index (χ1n) is 7.76. The van der Waals surface area contributed by atoms with Crippen LogP contribution in [-0.4, -0.2) is 29.6 Å². The van der Waals surface area contributed by atoms with Crippen molar-refractivity contribution in [1.82, 2.24) is 5.32 Å². The van der Waals surface area contributed by atoms with Crippen molar-refractivity contribution in [2.45, 2.75) is 26.4 Å². The lowest BCUT2D eigenvalue weighted by atomic mass is 10.1. The zero-order valence-corrected chi connectivity index (χ0v) is 13.8. The summed E-state index contributed by atoms with van der Waals surface area (Å²) in [6, 6.07) is 14.0. The first-order chi connectivity index (χ1) is 11.4. The van der Waals surface area contributed by atoms with Crippen molar-refractivity contribution in [3.63, 3.8) is 0 Å². The van der Waals surface area contributed by atoms with E-state index < -0.39 is 5.97 Å². The van der Waals surface area contributed by atoms with Crippen LogP contribution in [0.15, 0.2) is 48.5 Å². The Morgan fingerprint density at radius 1 is 1.17 bits per heavy atom. The van der Waals surface area contributed by atoms with Crippen molar-refractivity contribution in [1.29, 1.82) is 0 Å². The number of hydrogen-bond acceptors (Lipinski definition) is 3. The van der Waals surface area contributed by atoms with Crippen LogP contribution in [0.5, 0.6) is 5.75 Å². The van der Waals surface area contributed by atoms with Gasteiger partial charge in [-0.1, -0.05) is 24.3 Å². The molecule has 5 heteroatoms. The molecule has 1 atom stereocenters. The number of carbonyl (C=O) groups is 2. The average molecular weight is 327 g/mol. The van der Waals surface area contributed by atoms with Gasteiger partial charge in [0.25, 0.3) is 0 Å². The standard InChI is InChI=1S/C19H21NO4/c1-13-4-3-5-17(10-13)24-14(2)12-20-18(21)11-15-6-8-16(9-7-15)19(22)23/h3-10,14H,11-12H2,1-2H3,(H,20,21)(H,22,23). The molecule has 0 saturated heterocycles. The molecule has 1 unspecified atom stereocenters. The molecule has 0 bridgehead atoms. The second-order valence-corrected chi connectivity index (χ2v) is 5.73. The maximum absolute atomic E-state index is 12.0. The molecule has 0 fully saturated rings.